The zero-order valence-electron chi connectivity index (χ0n) is 10.2. The number of hydrogen-bond acceptors (Lipinski definition) is 5. The summed E-state index contributed by atoms with van der Waals surface area (Å²) in [5, 5.41) is 19.2. The van der Waals surface area contributed by atoms with E-state index in [0.29, 0.717) is 13.0 Å². The Morgan fingerprint density at radius 3 is 2.53 bits per heavy atom. The van der Waals surface area contributed by atoms with Gasteiger partial charge in [-0.1, -0.05) is 12.1 Å². The van der Waals surface area contributed by atoms with E-state index in [1.54, 1.807) is 12.1 Å². The summed E-state index contributed by atoms with van der Waals surface area (Å²) < 4.78 is 0. The third-order valence-electron chi connectivity index (χ3n) is 2.55. The van der Waals surface area contributed by atoms with Gasteiger partial charge in [0, 0.05) is 6.54 Å². The second kappa shape index (κ2) is 5.81. The van der Waals surface area contributed by atoms with E-state index >= 15 is 0 Å². The fraction of sp³-hybridized carbons (Fsp3) is 0.154. The standard InChI is InChI=1S/C13H14N4O2/c14-12-6-5-11(16-17-12)13(19)15-8-7-9-1-3-10(18)4-2-9/h1-6,18H,7-8H2,(H2,14,17)(H,15,19). The molecule has 0 radical (unpaired) electrons. The van der Waals surface area contributed by atoms with Crippen molar-refractivity contribution in [3.05, 3.63) is 47.7 Å². The molecular formula is C13H14N4O2. The molecule has 2 aromatic rings. The largest absolute Gasteiger partial charge is 0.508 e. The number of nitrogens with one attached hydrogen (secondary N) is 1. The Morgan fingerprint density at radius 1 is 1.16 bits per heavy atom. The van der Waals surface area contributed by atoms with Gasteiger partial charge in [0.2, 0.25) is 0 Å². The van der Waals surface area contributed by atoms with Gasteiger partial charge in [0.25, 0.3) is 5.91 Å². The van der Waals surface area contributed by atoms with Crippen LogP contribution in [-0.2, 0) is 6.42 Å². The molecule has 2 rings (SSSR count). The number of aromatic hydroxyl groups is 1. The summed E-state index contributed by atoms with van der Waals surface area (Å²) in [5.41, 5.74) is 6.65. The quantitative estimate of drug-likeness (QED) is 0.750. The van der Waals surface area contributed by atoms with E-state index in [1.807, 2.05) is 12.1 Å². The molecule has 1 amide bonds. The Balaban J connectivity index is 1.84. The maximum absolute atomic E-state index is 11.7. The highest BCUT2D eigenvalue weighted by Gasteiger charge is 2.06. The molecule has 0 saturated carbocycles. The first kappa shape index (κ1) is 12.8. The molecule has 6 nitrogen and oxygen atoms in total. The van der Waals surface area contributed by atoms with Crippen molar-refractivity contribution >= 4 is 11.7 Å². The Kier molecular flexibility index (Phi) is 3.92. The van der Waals surface area contributed by atoms with E-state index in [1.165, 1.54) is 12.1 Å². The summed E-state index contributed by atoms with van der Waals surface area (Å²) in [6.45, 7) is 0.482. The molecule has 0 aliphatic carbocycles. The average Bonchev–Trinajstić information content (AvgIpc) is 2.41. The van der Waals surface area contributed by atoms with Crippen LogP contribution in [0.5, 0.6) is 5.75 Å². The van der Waals surface area contributed by atoms with Gasteiger partial charge in [-0.25, -0.2) is 0 Å². The second-order valence-corrected chi connectivity index (χ2v) is 4.02. The summed E-state index contributed by atoms with van der Waals surface area (Å²) >= 11 is 0. The predicted molar refractivity (Wildman–Crippen MR) is 70.6 cm³/mol. The van der Waals surface area contributed by atoms with Crippen LogP contribution < -0.4 is 11.1 Å². The number of phenols is 1. The molecular weight excluding hydrogens is 244 g/mol. The molecule has 6 heteroatoms. The number of benzene rings is 1. The highest BCUT2D eigenvalue weighted by molar-refractivity contribution is 5.92. The van der Waals surface area contributed by atoms with E-state index < -0.39 is 0 Å². The Morgan fingerprint density at radius 2 is 1.89 bits per heavy atom. The number of anilines is 1. The number of nitrogens with two attached hydrogens (primary N) is 1. The third-order valence-corrected chi connectivity index (χ3v) is 2.55. The molecule has 1 heterocycles. The SMILES string of the molecule is Nc1ccc(C(=O)NCCc2ccc(O)cc2)nn1. The van der Waals surface area contributed by atoms with Gasteiger partial charge in [-0.15, -0.1) is 10.2 Å². The summed E-state index contributed by atoms with van der Waals surface area (Å²) in [6, 6.07) is 9.90. The van der Waals surface area contributed by atoms with Gasteiger partial charge in [-0.05, 0) is 36.2 Å². The number of aromatic nitrogens is 2. The predicted octanol–water partition coefficient (Wildman–Crippen LogP) is 0.737. The maximum atomic E-state index is 11.7. The van der Waals surface area contributed by atoms with Crippen LogP contribution >= 0.6 is 0 Å². The highest BCUT2D eigenvalue weighted by Crippen LogP contribution is 2.09. The van der Waals surface area contributed by atoms with Crippen molar-refractivity contribution in [2.75, 3.05) is 12.3 Å². The summed E-state index contributed by atoms with van der Waals surface area (Å²) in [6.07, 6.45) is 0.675. The number of phenolic OH excluding ortho intramolecular Hbond substituents is 1. The molecule has 98 valence electrons. The van der Waals surface area contributed by atoms with E-state index in [-0.39, 0.29) is 23.2 Å². The molecule has 0 bridgehead atoms. The van der Waals surface area contributed by atoms with Gasteiger partial charge in [0.05, 0.1) is 0 Å². The Bertz CT molecular complexity index is 552. The minimum absolute atomic E-state index is 0.227. The molecule has 0 fully saturated rings. The fourth-order valence-electron chi connectivity index (χ4n) is 1.54. The lowest BCUT2D eigenvalue weighted by Crippen LogP contribution is -2.26. The Hall–Kier alpha value is -2.63. The molecule has 0 spiro atoms. The van der Waals surface area contributed by atoms with E-state index in [0.717, 1.165) is 5.56 Å². The lowest BCUT2D eigenvalue weighted by atomic mass is 10.1. The summed E-state index contributed by atoms with van der Waals surface area (Å²) in [5.74, 6) is 0.219. The van der Waals surface area contributed by atoms with Crippen molar-refractivity contribution in [2.24, 2.45) is 0 Å². The van der Waals surface area contributed by atoms with Gasteiger partial charge in [-0.2, -0.15) is 0 Å². The number of hydrogen-bond donors (Lipinski definition) is 3. The number of rotatable bonds is 4. The van der Waals surface area contributed by atoms with Gasteiger partial charge in [0.1, 0.15) is 11.6 Å². The summed E-state index contributed by atoms with van der Waals surface area (Å²) in [7, 11) is 0. The molecule has 0 aliphatic rings. The van der Waals surface area contributed by atoms with Gasteiger partial charge in [0.15, 0.2) is 5.69 Å². The molecule has 0 unspecified atom stereocenters. The van der Waals surface area contributed by atoms with Crippen molar-refractivity contribution < 1.29 is 9.90 Å². The van der Waals surface area contributed by atoms with Crippen LogP contribution in [0, 0.1) is 0 Å². The Labute approximate surface area is 110 Å². The minimum atomic E-state index is -0.286. The number of nitrogen functional groups attached to an aromatic ring is 1. The normalized spacial score (nSPS) is 10.1. The number of carbonyl (C=O) groups excluding carboxylic acids is 1. The van der Waals surface area contributed by atoms with Crippen molar-refractivity contribution in [1.29, 1.82) is 0 Å². The van der Waals surface area contributed by atoms with Crippen LogP contribution in [0.4, 0.5) is 5.82 Å². The first-order valence-corrected chi connectivity index (χ1v) is 5.80. The zero-order valence-corrected chi connectivity index (χ0v) is 10.2. The first-order chi connectivity index (χ1) is 9.15. The monoisotopic (exact) mass is 258 g/mol. The lowest BCUT2D eigenvalue weighted by Gasteiger charge is -2.04. The van der Waals surface area contributed by atoms with E-state index in [2.05, 4.69) is 15.5 Å². The molecule has 19 heavy (non-hydrogen) atoms. The first-order valence-electron chi connectivity index (χ1n) is 5.80. The zero-order chi connectivity index (χ0) is 13.7. The average molecular weight is 258 g/mol. The number of carbonyl (C=O) groups is 1. The third kappa shape index (κ3) is 3.67. The van der Waals surface area contributed by atoms with Crippen molar-refractivity contribution in [2.45, 2.75) is 6.42 Å². The molecule has 1 aromatic carbocycles. The topological polar surface area (TPSA) is 101 Å². The van der Waals surface area contributed by atoms with Crippen LogP contribution in [0.15, 0.2) is 36.4 Å². The van der Waals surface area contributed by atoms with Crippen LogP contribution in [0.3, 0.4) is 0 Å². The molecule has 0 atom stereocenters. The smallest absolute Gasteiger partial charge is 0.271 e. The van der Waals surface area contributed by atoms with Crippen LogP contribution in [0.25, 0.3) is 0 Å². The van der Waals surface area contributed by atoms with Gasteiger partial charge < -0.3 is 16.2 Å². The summed E-state index contributed by atoms with van der Waals surface area (Å²) in [4.78, 5) is 11.7. The highest BCUT2D eigenvalue weighted by atomic mass is 16.3. The van der Waals surface area contributed by atoms with Crippen molar-refractivity contribution in [3.63, 3.8) is 0 Å². The maximum Gasteiger partial charge on any atom is 0.271 e. The van der Waals surface area contributed by atoms with Gasteiger partial charge in [-0.3, -0.25) is 4.79 Å². The molecule has 1 aromatic heterocycles. The van der Waals surface area contributed by atoms with Crippen molar-refractivity contribution in [1.82, 2.24) is 15.5 Å². The van der Waals surface area contributed by atoms with Crippen LogP contribution in [0.1, 0.15) is 16.1 Å². The lowest BCUT2D eigenvalue weighted by molar-refractivity contribution is 0.0948. The fourth-order valence-corrected chi connectivity index (χ4v) is 1.54. The minimum Gasteiger partial charge on any atom is -0.508 e. The molecule has 0 aliphatic heterocycles. The van der Waals surface area contributed by atoms with E-state index in [9.17, 15) is 4.79 Å². The van der Waals surface area contributed by atoms with Crippen LogP contribution in [0.2, 0.25) is 0 Å². The van der Waals surface area contributed by atoms with Crippen molar-refractivity contribution in [3.8, 4) is 5.75 Å². The molecule has 4 N–H and O–H groups in total. The van der Waals surface area contributed by atoms with Gasteiger partial charge >= 0.3 is 0 Å². The molecule has 0 saturated heterocycles. The number of nitrogens with zero attached hydrogens (tertiary/aromatic N) is 2. The van der Waals surface area contributed by atoms with E-state index in [4.69, 9.17) is 10.8 Å². The number of amides is 1. The second-order valence-electron chi connectivity index (χ2n) is 4.02. The van der Waals surface area contributed by atoms with Crippen LogP contribution in [-0.4, -0.2) is 27.8 Å².